The highest BCUT2D eigenvalue weighted by Crippen LogP contribution is 2.24. The van der Waals surface area contributed by atoms with Crippen molar-refractivity contribution in [2.75, 3.05) is 50.5 Å². The van der Waals surface area contributed by atoms with Gasteiger partial charge in [0, 0.05) is 67.6 Å². The molecule has 196 valence electrons. The number of carbonyl (C=O) groups excluding carboxylic acids is 1. The maximum atomic E-state index is 13.0. The predicted molar refractivity (Wildman–Crippen MR) is 150 cm³/mol. The number of rotatable bonds is 7. The molecule has 2 aliphatic heterocycles. The lowest BCUT2D eigenvalue weighted by Crippen LogP contribution is -2.43. The highest BCUT2D eigenvalue weighted by Gasteiger charge is 2.14. The fraction of sp³-hybridized carbons (Fsp3) is 0.276. The van der Waals surface area contributed by atoms with Gasteiger partial charge in [-0.3, -0.25) is 20.0 Å². The second-order valence-electron chi connectivity index (χ2n) is 9.58. The second-order valence-corrected chi connectivity index (χ2v) is 9.58. The Hall–Kier alpha value is -4.05. The normalized spacial score (nSPS) is 16.3. The largest absolute Gasteiger partial charge is 0.324 e. The smallest absolute Gasteiger partial charge is 0.255 e. The first-order chi connectivity index (χ1) is 18.5. The molecule has 2 aliphatic rings. The third kappa shape index (κ3) is 6.63. The summed E-state index contributed by atoms with van der Waals surface area (Å²) in [6, 6.07) is 15.5. The molecule has 3 aromatic rings. The zero-order chi connectivity index (χ0) is 26.3. The number of allylic oxidation sites excluding steroid dienone is 2. The van der Waals surface area contributed by atoms with E-state index in [1.165, 1.54) is 5.56 Å². The van der Waals surface area contributed by atoms with Crippen LogP contribution in [0.5, 0.6) is 0 Å². The molecule has 38 heavy (non-hydrogen) atoms. The van der Waals surface area contributed by atoms with Gasteiger partial charge < -0.3 is 15.5 Å². The number of nitrogens with zero attached hydrogens (tertiary/aromatic N) is 4. The number of carbonyl (C=O) groups is 1. The van der Waals surface area contributed by atoms with Crippen LogP contribution in [0.25, 0.3) is 5.57 Å². The van der Waals surface area contributed by atoms with Gasteiger partial charge in [0.1, 0.15) is 0 Å². The van der Waals surface area contributed by atoms with Gasteiger partial charge in [-0.2, -0.15) is 0 Å². The van der Waals surface area contributed by atoms with Crippen LogP contribution in [-0.4, -0.2) is 65.5 Å². The van der Waals surface area contributed by atoms with Crippen LogP contribution in [0, 0.1) is 6.92 Å². The number of aromatic nitrogens is 2. The summed E-state index contributed by atoms with van der Waals surface area (Å²) in [4.78, 5) is 31.9. The molecule has 5 rings (SSSR count). The molecule has 0 spiro atoms. The summed E-state index contributed by atoms with van der Waals surface area (Å²) in [5.41, 5.74) is 8.79. The molecule has 0 radical (unpaired) electrons. The Morgan fingerprint density at radius 3 is 2.71 bits per heavy atom. The lowest BCUT2D eigenvalue weighted by molar-refractivity contribution is 0.0971. The van der Waals surface area contributed by atoms with Gasteiger partial charge in [-0.1, -0.05) is 30.4 Å². The number of hydrogen-bond donors (Lipinski definition) is 3. The van der Waals surface area contributed by atoms with Crippen molar-refractivity contribution in [1.29, 1.82) is 0 Å². The van der Waals surface area contributed by atoms with Gasteiger partial charge in [-0.15, -0.1) is 0 Å². The van der Waals surface area contributed by atoms with Crippen molar-refractivity contribution in [3.63, 3.8) is 0 Å². The van der Waals surface area contributed by atoms with Crippen LogP contribution in [0.2, 0.25) is 0 Å². The van der Waals surface area contributed by atoms with Crippen molar-refractivity contribution in [2.45, 2.75) is 13.5 Å². The second kappa shape index (κ2) is 12.0. The molecule has 9 heteroatoms. The molecule has 1 amide bonds. The van der Waals surface area contributed by atoms with Crippen LogP contribution in [0.1, 0.15) is 27.2 Å². The van der Waals surface area contributed by atoms with Gasteiger partial charge in [0.15, 0.2) is 0 Å². The third-order valence-electron chi connectivity index (χ3n) is 6.69. The zero-order valence-electron chi connectivity index (χ0n) is 21.8. The minimum Gasteiger partial charge on any atom is -0.324 e. The molecule has 3 heterocycles. The molecule has 1 fully saturated rings. The topological polar surface area (TPSA) is 94.7 Å². The Labute approximate surface area is 223 Å². The average Bonchev–Trinajstić information content (AvgIpc) is 3.22. The summed E-state index contributed by atoms with van der Waals surface area (Å²) >= 11 is 0. The lowest BCUT2D eigenvalue weighted by atomic mass is 10.1. The number of anilines is 3. The lowest BCUT2D eigenvalue weighted by Gasteiger charge is -2.32. The van der Waals surface area contributed by atoms with Crippen LogP contribution >= 0.6 is 0 Å². The zero-order valence-corrected chi connectivity index (χ0v) is 21.8. The number of aryl methyl sites for hydroxylation is 1. The van der Waals surface area contributed by atoms with E-state index in [9.17, 15) is 4.79 Å². The highest BCUT2D eigenvalue weighted by molar-refractivity contribution is 6.04. The molecule has 0 bridgehead atoms. The first-order valence-corrected chi connectivity index (χ1v) is 12.8. The van der Waals surface area contributed by atoms with Gasteiger partial charge in [-0.05, 0) is 55.4 Å². The Morgan fingerprint density at radius 2 is 1.89 bits per heavy atom. The molecule has 9 nitrogen and oxygen atoms in total. The van der Waals surface area contributed by atoms with Gasteiger partial charge in [0.2, 0.25) is 5.95 Å². The molecule has 3 N–H and O–H groups in total. The highest BCUT2D eigenvalue weighted by atomic mass is 16.6. The molecular formula is C29H33N7O2. The molecule has 0 aliphatic carbocycles. The van der Waals surface area contributed by atoms with E-state index >= 15 is 0 Å². The molecule has 2 aromatic carbocycles. The average molecular weight is 512 g/mol. The number of benzene rings is 2. The number of nitrogens with one attached hydrogen (secondary N) is 3. The summed E-state index contributed by atoms with van der Waals surface area (Å²) in [6.45, 7) is 7.70. The first-order valence-electron chi connectivity index (χ1n) is 12.8. The molecule has 1 aromatic heterocycles. The number of amides is 1. The van der Waals surface area contributed by atoms with Gasteiger partial charge in [-0.25, -0.2) is 9.97 Å². The monoisotopic (exact) mass is 511 g/mol. The van der Waals surface area contributed by atoms with Gasteiger partial charge in [0.25, 0.3) is 5.91 Å². The van der Waals surface area contributed by atoms with E-state index in [1.54, 1.807) is 12.4 Å². The van der Waals surface area contributed by atoms with Crippen LogP contribution in [0.4, 0.5) is 17.3 Å². The Morgan fingerprint density at radius 1 is 1.08 bits per heavy atom. The molecule has 1 saturated heterocycles. The van der Waals surface area contributed by atoms with Crippen molar-refractivity contribution in [3.8, 4) is 0 Å². The molecule has 0 saturated carbocycles. The van der Waals surface area contributed by atoms with Crippen molar-refractivity contribution < 1.29 is 9.63 Å². The summed E-state index contributed by atoms with van der Waals surface area (Å²) in [7, 11) is 2.16. The fourth-order valence-electron chi connectivity index (χ4n) is 4.35. The minimum absolute atomic E-state index is 0.147. The quantitative estimate of drug-likeness (QED) is 0.439. The molecule has 0 atom stereocenters. The van der Waals surface area contributed by atoms with E-state index in [0.29, 0.717) is 23.8 Å². The summed E-state index contributed by atoms with van der Waals surface area (Å²) in [5, 5.41) is 6.30. The molecular weight excluding hydrogens is 478 g/mol. The van der Waals surface area contributed by atoms with Crippen LogP contribution in [0.15, 0.2) is 73.1 Å². The summed E-state index contributed by atoms with van der Waals surface area (Å²) in [5.74, 6) is 0.315. The van der Waals surface area contributed by atoms with E-state index in [4.69, 9.17) is 4.84 Å². The Bertz CT molecular complexity index is 1330. The minimum atomic E-state index is -0.147. The van der Waals surface area contributed by atoms with E-state index < -0.39 is 0 Å². The van der Waals surface area contributed by atoms with Crippen molar-refractivity contribution >= 4 is 28.8 Å². The van der Waals surface area contributed by atoms with Gasteiger partial charge >= 0.3 is 0 Å². The number of piperazine rings is 1. The Kier molecular flexibility index (Phi) is 8.08. The van der Waals surface area contributed by atoms with Crippen molar-refractivity contribution in [3.05, 3.63) is 95.5 Å². The van der Waals surface area contributed by atoms with Crippen LogP contribution < -0.4 is 16.1 Å². The maximum absolute atomic E-state index is 13.0. The van der Waals surface area contributed by atoms with E-state index in [1.807, 2.05) is 67.6 Å². The summed E-state index contributed by atoms with van der Waals surface area (Å²) in [6.07, 6.45) is 7.33. The van der Waals surface area contributed by atoms with E-state index in [0.717, 1.165) is 55.2 Å². The number of hydroxylamine groups is 1. The van der Waals surface area contributed by atoms with Crippen molar-refractivity contribution in [2.24, 2.45) is 0 Å². The van der Waals surface area contributed by atoms with E-state index in [2.05, 4.69) is 42.9 Å². The third-order valence-corrected chi connectivity index (χ3v) is 6.69. The molecule has 0 unspecified atom stereocenters. The first kappa shape index (κ1) is 25.6. The fourth-order valence-corrected chi connectivity index (χ4v) is 4.35. The number of hydrogen-bond acceptors (Lipinski definition) is 8. The number of likely N-dealkylation sites (N-methyl/N-ethyl adjacent to an activating group) is 1. The standard InChI is InChI=1S/C29H33N7O2/c1-21-5-10-25(18-27(21)34-29-30-12-11-26(33-29)24-4-3-17-38-31-19-24)32-28(37)23-8-6-22(7-9-23)20-36-15-13-35(2)14-16-36/h3-12,18-19,31H,13-17,20H2,1-2H3,(H,32,37)(H,30,33,34). The van der Waals surface area contributed by atoms with Crippen molar-refractivity contribution in [1.82, 2.24) is 25.2 Å². The summed E-state index contributed by atoms with van der Waals surface area (Å²) < 4.78 is 0. The van der Waals surface area contributed by atoms with Gasteiger partial charge in [0.05, 0.1) is 12.3 Å². The Balaban J connectivity index is 1.23. The van der Waals surface area contributed by atoms with Crippen LogP contribution in [-0.2, 0) is 11.4 Å². The maximum Gasteiger partial charge on any atom is 0.255 e. The van der Waals surface area contributed by atoms with Crippen LogP contribution in [0.3, 0.4) is 0 Å². The van der Waals surface area contributed by atoms with E-state index in [-0.39, 0.29) is 5.91 Å². The predicted octanol–water partition coefficient (Wildman–Crippen LogP) is 3.96. The SMILES string of the molecule is Cc1ccc(NC(=O)c2ccc(CN3CCN(C)CC3)cc2)cc1Nc1nccc(C2=CNOCC=C2)n1.